The Morgan fingerprint density at radius 2 is 1.48 bits per heavy atom. The quantitative estimate of drug-likeness (QED) is 0.429. The number of hydrogen-bond acceptors (Lipinski definition) is 5. The molecule has 0 amide bonds. The van der Waals surface area contributed by atoms with Crippen molar-refractivity contribution in [1.29, 1.82) is 0 Å². The Kier molecular flexibility index (Phi) is 8.19. The maximum Gasteiger partial charge on any atom is 0.315 e. The highest BCUT2D eigenvalue weighted by Crippen LogP contribution is 2.44. The van der Waals surface area contributed by atoms with Crippen LogP contribution in [0.15, 0.2) is 17.0 Å². The van der Waals surface area contributed by atoms with Gasteiger partial charge < -0.3 is 9.84 Å². The Morgan fingerprint density at radius 1 is 1.00 bits per heavy atom. The molecule has 0 aliphatic heterocycles. The topological polar surface area (TPSA) is 46.5 Å². The van der Waals surface area contributed by atoms with Crippen molar-refractivity contribution in [2.45, 2.75) is 82.8 Å². The van der Waals surface area contributed by atoms with Crippen LogP contribution in [0.1, 0.15) is 73.4 Å². The van der Waals surface area contributed by atoms with Crippen molar-refractivity contribution in [2.24, 2.45) is 0 Å². The summed E-state index contributed by atoms with van der Waals surface area (Å²) in [5, 5.41) is 10.9. The first kappa shape index (κ1) is 24.2. The van der Waals surface area contributed by atoms with Gasteiger partial charge in [-0.1, -0.05) is 41.5 Å². The maximum absolute atomic E-state index is 11.6. The summed E-state index contributed by atoms with van der Waals surface area (Å²) in [6.45, 7) is 19.4. The summed E-state index contributed by atoms with van der Waals surface area (Å²) < 4.78 is 4.96. The van der Waals surface area contributed by atoms with Crippen LogP contribution in [0.5, 0.6) is 5.75 Å². The standard InChI is InChI=1S/C22H36O3S2/c1-10-25-18(23)13-26-14-22(8,9)27-15-11-16(20(2,3)4)19(24)17(12-15)21(5,6)7/h11-12,24H,10,13-14H2,1-9H3. The number of thioether (sulfide) groups is 2. The number of phenolic OH excluding ortho intramolecular Hbond substituents is 1. The number of phenols is 1. The lowest BCUT2D eigenvalue weighted by Crippen LogP contribution is -2.21. The minimum atomic E-state index is -0.155. The van der Waals surface area contributed by atoms with E-state index in [0.29, 0.717) is 18.1 Å². The van der Waals surface area contributed by atoms with Gasteiger partial charge in [0.1, 0.15) is 5.75 Å². The summed E-state index contributed by atoms with van der Waals surface area (Å²) in [6, 6.07) is 4.24. The predicted molar refractivity (Wildman–Crippen MR) is 119 cm³/mol. The van der Waals surface area contributed by atoms with Crippen LogP contribution in [-0.2, 0) is 20.4 Å². The minimum absolute atomic E-state index is 0.0432. The predicted octanol–water partition coefficient (Wildman–Crippen LogP) is 6.15. The average Bonchev–Trinajstić information content (AvgIpc) is 2.46. The molecule has 1 aromatic carbocycles. The summed E-state index contributed by atoms with van der Waals surface area (Å²) >= 11 is 3.40. The molecule has 1 rings (SSSR count). The molecule has 0 fully saturated rings. The molecule has 0 aromatic heterocycles. The molecule has 0 aliphatic rings. The Bertz CT molecular complexity index is 617. The van der Waals surface area contributed by atoms with E-state index in [1.807, 2.05) is 6.92 Å². The van der Waals surface area contributed by atoms with E-state index in [2.05, 4.69) is 67.5 Å². The first-order valence-electron chi connectivity index (χ1n) is 9.48. The monoisotopic (exact) mass is 412 g/mol. The molecular weight excluding hydrogens is 376 g/mol. The maximum atomic E-state index is 11.6. The van der Waals surface area contributed by atoms with Crippen LogP contribution < -0.4 is 0 Å². The van der Waals surface area contributed by atoms with E-state index in [0.717, 1.165) is 21.8 Å². The zero-order valence-corrected chi connectivity index (χ0v) is 20.0. The number of hydrogen-bond donors (Lipinski definition) is 1. The molecule has 27 heavy (non-hydrogen) atoms. The number of ether oxygens (including phenoxy) is 1. The lowest BCUT2D eigenvalue weighted by Gasteiger charge is -2.30. The molecule has 1 N–H and O–H groups in total. The smallest absolute Gasteiger partial charge is 0.315 e. The van der Waals surface area contributed by atoms with Crippen LogP contribution in [0, 0.1) is 0 Å². The van der Waals surface area contributed by atoms with Gasteiger partial charge in [-0.05, 0) is 43.7 Å². The van der Waals surface area contributed by atoms with Crippen molar-refractivity contribution in [2.75, 3.05) is 18.1 Å². The van der Waals surface area contributed by atoms with E-state index in [4.69, 9.17) is 4.74 Å². The van der Waals surface area contributed by atoms with Crippen molar-refractivity contribution in [1.82, 2.24) is 0 Å². The Labute approximate surface area is 174 Å². The van der Waals surface area contributed by atoms with Crippen molar-refractivity contribution in [3.8, 4) is 5.75 Å². The van der Waals surface area contributed by atoms with Crippen molar-refractivity contribution < 1.29 is 14.6 Å². The fourth-order valence-corrected chi connectivity index (χ4v) is 5.06. The Balaban J connectivity index is 3.06. The molecule has 3 nitrogen and oxygen atoms in total. The average molecular weight is 413 g/mol. The zero-order valence-electron chi connectivity index (χ0n) is 18.4. The third-order valence-electron chi connectivity index (χ3n) is 4.07. The second kappa shape index (κ2) is 9.13. The Morgan fingerprint density at radius 3 is 1.89 bits per heavy atom. The van der Waals surface area contributed by atoms with E-state index in [-0.39, 0.29) is 21.5 Å². The molecule has 5 heteroatoms. The van der Waals surface area contributed by atoms with E-state index in [9.17, 15) is 9.90 Å². The van der Waals surface area contributed by atoms with Crippen LogP contribution in [0.3, 0.4) is 0 Å². The third kappa shape index (κ3) is 7.61. The third-order valence-corrected chi connectivity index (χ3v) is 6.79. The molecular formula is C22H36O3S2. The second-order valence-electron chi connectivity index (χ2n) is 9.53. The zero-order chi connectivity index (χ0) is 21.0. The van der Waals surface area contributed by atoms with Gasteiger partial charge in [-0.25, -0.2) is 0 Å². The van der Waals surface area contributed by atoms with Crippen molar-refractivity contribution in [3.63, 3.8) is 0 Å². The molecule has 0 heterocycles. The summed E-state index contributed by atoms with van der Waals surface area (Å²) in [6.07, 6.45) is 0. The van der Waals surface area contributed by atoms with Crippen LogP contribution in [0.25, 0.3) is 0 Å². The van der Waals surface area contributed by atoms with Crippen LogP contribution >= 0.6 is 23.5 Å². The van der Waals surface area contributed by atoms with E-state index in [1.165, 1.54) is 0 Å². The van der Waals surface area contributed by atoms with Gasteiger partial charge in [0.05, 0.1) is 12.4 Å². The number of esters is 1. The van der Waals surface area contributed by atoms with E-state index in [1.54, 1.807) is 23.5 Å². The minimum Gasteiger partial charge on any atom is -0.507 e. The summed E-state index contributed by atoms with van der Waals surface area (Å²) in [5.74, 6) is 1.48. The molecule has 0 atom stereocenters. The van der Waals surface area contributed by atoms with Crippen LogP contribution in [0.2, 0.25) is 0 Å². The fraction of sp³-hybridized carbons (Fsp3) is 0.682. The molecule has 0 aliphatic carbocycles. The van der Waals surface area contributed by atoms with Gasteiger partial charge in [-0.2, -0.15) is 0 Å². The Hall–Kier alpha value is -0.810. The SMILES string of the molecule is CCOC(=O)CSCC(C)(C)Sc1cc(C(C)(C)C)c(O)c(C(C)(C)C)c1. The lowest BCUT2D eigenvalue weighted by atomic mass is 9.79. The number of carbonyl (C=O) groups excluding carboxylic acids is 1. The van der Waals surface area contributed by atoms with Crippen LogP contribution in [0.4, 0.5) is 0 Å². The van der Waals surface area contributed by atoms with Crippen molar-refractivity contribution in [3.05, 3.63) is 23.3 Å². The molecule has 0 bridgehead atoms. The highest BCUT2D eigenvalue weighted by atomic mass is 32.2. The number of rotatable bonds is 7. The number of aromatic hydroxyl groups is 1. The van der Waals surface area contributed by atoms with Gasteiger partial charge in [0, 0.05) is 26.5 Å². The van der Waals surface area contributed by atoms with Crippen molar-refractivity contribution >= 4 is 29.5 Å². The van der Waals surface area contributed by atoms with Gasteiger partial charge in [0.2, 0.25) is 0 Å². The number of carbonyl (C=O) groups is 1. The highest BCUT2D eigenvalue weighted by Gasteiger charge is 2.28. The van der Waals surface area contributed by atoms with Gasteiger partial charge in [0.15, 0.2) is 0 Å². The van der Waals surface area contributed by atoms with E-state index >= 15 is 0 Å². The van der Waals surface area contributed by atoms with E-state index < -0.39 is 0 Å². The summed E-state index contributed by atoms with van der Waals surface area (Å²) in [7, 11) is 0. The fourth-order valence-electron chi connectivity index (χ4n) is 2.74. The lowest BCUT2D eigenvalue weighted by molar-refractivity contribution is -0.139. The molecule has 0 spiro atoms. The van der Waals surface area contributed by atoms with Crippen LogP contribution in [-0.4, -0.2) is 33.9 Å². The molecule has 0 saturated carbocycles. The molecule has 0 radical (unpaired) electrons. The van der Waals surface area contributed by atoms with Gasteiger partial charge in [-0.3, -0.25) is 4.79 Å². The first-order chi connectivity index (χ1) is 12.2. The summed E-state index contributed by atoms with van der Waals surface area (Å²) in [5.41, 5.74) is 1.69. The molecule has 0 saturated heterocycles. The largest absolute Gasteiger partial charge is 0.507 e. The number of benzene rings is 1. The summed E-state index contributed by atoms with van der Waals surface area (Å²) in [4.78, 5) is 12.7. The molecule has 154 valence electrons. The normalized spacial score (nSPS) is 12.9. The van der Waals surface area contributed by atoms with Gasteiger partial charge in [-0.15, -0.1) is 23.5 Å². The van der Waals surface area contributed by atoms with Gasteiger partial charge in [0.25, 0.3) is 0 Å². The molecule has 0 unspecified atom stereocenters. The first-order valence-corrected chi connectivity index (χ1v) is 11.4. The second-order valence-corrected chi connectivity index (χ2v) is 12.3. The van der Waals surface area contributed by atoms with Gasteiger partial charge >= 0.3 is 5.97 Å². The highest BCUT2D eigenvalue weighted by molar-refractivity contribution is 8.04. The molecule has 1 aromatic rings.